The average Bonchev–Trinajstić information content (AvgIpc) is 2.34. The summed E-state index contributed by atoms with van der Waals surface area (Å²) in [5, 5.41) is 0. The fourth-order valence-electron chi connectivity index (χ4n) is 0.709. The maximum atomic E-state index is 2.46. The molecule has 0 radical (unpaired) electrons. The number of hydrogen-bond donors (Lipinski definition) is 0. The van der Waals surface area contributed by atoms with Crippen molar-refractivity contribution in [3.63, 3.8) is 0 Å². The Morgan fingerprint density at radius 3 is 2.90 bits per heavy atom. The van der Waals surface area contributed by atoms with Gasteiger partial charge in [-0.15, -0.1) is 0 Å². The van der Waals surface area contributed by atoms with E-state index in [4.69, 9.17) is 0 Å². The van der Waals surface area contributed by atoms with Gasteiger partial charge in [0.2, 0.25) is 0 Å². The van der Waals surface area contributed by atoms with E-state index < -0.39 is 0 Å². The van der Waals surface area contributed by atoms with Crippen LogP contribution in [-0.4, -0.2) is 4.01 Å². The molecule has 0 spiro atoms. The molecule has 0 aromatic heterocycles. The van der Waals surface area contributed by atoms with Crippen LogP contribution < -0.4 is 0 Å². The molecule has 0 nitrogen and oxygen atoms in total. The maximum Gasteiger partial charge on any atom is 0.00343 e. The van der Waals surface area contributed by atoms with Crippen LogP contribution in [0.5, 0.6) is 0 Å². The van der Waals surface area contributed by atoms with Gasteiger partial charge < -0.3 is 0 Å². The Morgan fingerprint density at radius 2 is 2.40 bits per heavy atom. The molecular weight excluding hydrogens is 235 g/mol. The zero-order chi connectivity index (χ0) is 7.40. The Kier molecular flexibility index (Phi) is 3.32. The van der Waals surface area contributed by atoms with Crippen LogP contribution in [0.15, 0.2) is 21.8 Å². The molecular formula is C9H13I. The minimum Gasteiger partial charge on any atom is -0.0902 e. The summed E-state index contributed by atoms with van der Waals surface area (Å²) in [4.78, 5) is 0. The van der Waals surface area contributed by atoms with Gasteiger partial charge in [0.05, 0.1) is 0 Å². The molecule has 0 heterocycles. The maximum absolute atomic E-state index is 2.46. The lowest BCUT2D eigenvalue weighted by molar-refractivity contribution is 0.922. The van der Waals surface area contributed by atoms with Crippen molar-refractivity contribution in [1.29, 1.82) is 0 Å². The molecule has 0 fully saturated rings. The molecule has 1 aliphatic rings. The highest BCUT2D eigenvalue weighted by atomic mass is 127. The number of hydrogen-bond acceptors (Lipinski definition) is 0. The van der Waals surface area contributed by atoms with Gasteiger partial charge in [0.15, 0.2) is 0 Å². The second-order valence-corrected chi connectivity index (χ2v) is 5.29. The molecule has 56 valence electrons. The molecule has 1 aliphatic carbocycles. The van der Waals surface area contributed by atoms with Gasteiger partial charge in [0.1, 0.15) is 0 Å². The fourth-order valence-corrected chi connectivity index (χ4v) is 2.81. The van der Waals surface area contributed by atoms with Crippen LogP contribution in [0.1, 0.15) is 20.3 Å². The fraction of sp³-hybridized carbons (Fsp3) is 0.444. The first-order valence-electron chi connectivity index (χ1n) is 3.62. The smallest absolute Gasteiger partial charge is 0.00343 e. The molecule has 0 aliphatic heterocycles. The molecule has 0 N–H and O–H groups in total. The van der Waals surface area contributed by atoms with E-state index >= 15 is 0 Å². The van der Waals surface area contributed by atoms with Crippen LogP contribution in [0, 0.1) is 5.92 Å². The number of rotatable bonds is 2. The Bertz CT molecular complexity index is 185. The van der Waals surface area contributed by atoms with Gasteiger partial charge in [0.25, 0.3) is 0 Å². The predicted octanol–water partition coefficient (Wildman–Crippen LogP) is 3.26. The third-order valence-electron chi connectivity index (χ3n) is 1.17. The van der Waals surface area contributed by atoms with E-state index in [0.717, 1.165) is 5.92 Å². The highest BCUT2D eigenvalue weighted by Crippen LogP contribution is 2.21. The summed E-state index contributed by atoms with van der Waals surface area (Å²) in [6, 6.07) is 0. The lowest BCUT2D eigenvalue weighted by atomic mass is 10.3. The van der Waals surface area contributed by atoms with Crippen molar-refractivity contribution >= 4 is 24.7 Å². The van der Waals surface area contributed by atoms with E-state index in [9.17, 15) is 0 Å². The van der Waals surface area contributed by atoms with Gasteiger partial charge in [-0.05, 0) is 16.4 Å². The van der Waals surface area contributed by atoms with Crippen molar-refractivity contribution < 1.29 is 0 Å². The van der Waals surface area contributed by atoms with Gasteiger partial charge in [0, 0.05) is 3.58 Å². The topological polar surface area (TPSA) is 0 Å². The largest absolute Gasteiger partial charge is 0.0902 e. The second kappa shape index (κ2) is 4.06. The van der Waals surface area contributed by atoms with E-state index in [1.165, 1.54) is 6.42 Å². The van der Waals surface area contributed by atoms with Crippen molar-refractivity contribution in [2.45, 2.75) is 20.3 Å². The Hall–Kier alpha value is 0.0800. The highest BCUT2D eigenvalue weighted by Gasteiger charge is 1.92. The monoisotopic (exact) mass is 248 g/mol. The normalized spacial score (nSPS) is 18.1. The molecule has 0 saturated heterocycles. The third-order valence-corrected chi connectivity index (χ3v) is 4.48. The quantitative estimate of drug-likeness (QED) is 0.658. The molecule has 1 rings (SSSR count). The Labute approximate surface area is 72.8 Å². The summed E-state index contributed by atoms with van der Waals surface area (Å²) >= 11 is 0.230. The van der Waals surface area contributed by atoms with Gasteiger partial charge in [-0.2, -0.15) is 0 Å². The Morgan fingerprint density at radius 1 is 1.60 bits per heavy atom. The average molecular weight is 248 g/mol. The van der Waals surface area contributed by atoms with E-state index in [-0.39, 0.29) is 20.7 Å². The number of allylic oxidation sites excluding steroid dienone is 4. The predicted molar refractivity (Wildman–Crippen MR) is 56.8 cm³/mol. The van der Waals surface area contributed by atoms with Gasteiger partial charge in [-0.1, -0.05) is 52.8 Å². The van der Waals surface area contributed by atoms with Crippen LogP contribution >= 0.6 is 20.7 Å². The van der Waals surface area contributed by atoms with Gasteiger partial charge in [-0.3, -0.25) is 0 Å². The van der Waals surface area contributed by atoms with Crippen molar-refractivity contribution in [3.8, 4) is 0 Å². The van der Waals surface area contributed by atoms with Crippen LogP contribution in [0.2, 0.25) is 0 Å². The van der Waals surface area contributed by atoms with Crippen LogP contribution in [0.4, 0.5) is 0 Å². The summed E-state index contributed by atoms with van der Waals surface area (Å²) in [6.45, 7) is 4.50. The van der Waals surface area contributed by atoms with E-state index in [1.807, 2.05) is 0 Å². The van der Waals surface area contributed by atoms with Crippen molar-refractivity contribution in [3.05, 3.63) is 21.8 Å². The first-order valence-corrected chi connectivity index (χ1v) is 5.95. The number of halogens is 1. The summed E-state index contributed by atoms with van der Waals surface area (Å²) in [5.41, 5.74) is 0. The van der Waals surface area contributed by atoms with Crippen molar-refractivity contribution in [2.24, 2.45) is 5.92 Å². The van der Waals surface area contributed by atoms with Crippen LogP contribution in [-0.2, 0) is 0 Å². The summed E-state index contributed by atoms with van der Waals surface area (Å²) in [6.07, 6.45) is 8.02. The zero-order valence-corrected chi connectivity index (χ0v) is 8.63. The van der Waals surface area contributed by atoms with Gasteiger partial charge >= 0.3 is 0 Å². The minimum absolute atomic E-state index is 0.230. The summed E-state index contributed by atoms with van der Waals surface area (Å²) in [7, 11) is 0. The SMILES string of the molecule is CC(C)C=IC1=CCC=C1. The lowest BCUT2D eigenvalue weighted by Crippen LogP contribution is -1.81. The highest BCUT2D eigenvalue weighted by molar-refractivity contribution is 14.2. The lowest BCUT2D eigenvalue weighted by Gasteiger charge is -1.91. The summed E-state index contributed by atoms with van der Waals surface area (Å²) in [5.74, 6) is 0.766. The van der Waals surface area contributed by atoms with E-state index in [1.54, 1.807) is 3.58 Å². The standard InChI is InChI=1S/C9H13I/c1-8(2)7-10-9-5-3-4-6-9/h3,5-8H,4H2,1-2H3. The molecule has 0 unspecified atom stereocenters. The van der Waals surface area contributed by atoms with Gasteiger partial charge in [-0.25, -0.2) is 0 Å². The minimum atomic E-state index is 0.230. The van der Waals surface area contributed by atoms with Crippen LogP contribution in [0.25, 0.3) is 0 Å². The zero-order valence-electron chi connectivity index (χ0n) is 6.47. The molecule has 0 aromatic rings. The molecule has 1 heteroatoms. The molecule has 0 saturated carbocycles. The molecule has 0 atom stereocenters. The first kappa shape index (κ1) is 8.18. The third kappa shape index (κ3) is 2.78. The van der Waals surface area contributed by atoms with Crippen molar-refractivity contribution in [1.82, 2.24) is 0 Å². The molecule has 0 amide bonds. The molecule has 0 aromatic carbocycles. The molecule has 10 heavy (non-hydrogen) atoms. The molecule has 0 bridgehead atoms. The summed E-state index contributed by atoms with van der Waals surface area (Å²) < 4.78 is 4.05. The second-order valence-electron chi connectivity index (χ2n) is 2.71. The van der Waals surface area contributed by atoms with E-state index in [2.05, 4.69) is 36.1 Å². The van der Waals surface area contributed by atoms with E-state index in [0.29, 0.717) is 0 Å². The first-order chi connectivity index (χ1) is 4.79. The van der Waals surface area contributed by atoms with Crippen molar-refractivity contribution in [2.75, 3.05) is 0 Å². The van der Waals surface area contributed by atoms with Crippen LogP contribution in [0.3, 0.4) is 0 Å². The Balaban J connectivity index is 2.45.